The molecule has 0 aliphatic rings. The maximum Gasteiger partial charge on any atom is 0.119 e. The molecule has 176 valence electrons. The summed E-state index contributed by atoms with van der Waals surface area (Å²) in [7, 11) is 1.68. The van der Waals surface area contributed by atoms with Gasteiger partial charge in [-0.05, 0) is 86.4 Å². The summed E-state index contributed by atoms with van der Waals surface area (Å²) < 4.78 is 5.23. The third kappa shape index (κ3) is 6.51. The molecule has 0 amide bonds. The largest absolute Gasteiger partial charge is 0.497 e. The third-order valence-corrected chi connectivity index (χ3v) is 5.91. The quantitative estimate of drug-likeness (QED) is 0.279. The average molecular weight is 460 g/mol. The van der Waals surface area contributed by atoms with Crippen LogP contribution in [-0.2, 0) is 0 Å². The van der Waals surface area contributed by atoms with Crippen molar-refractivity contribution in [3.05, 3.63) is 136 Å². The third-order valence-electron chi connectivity index (χ3n) is 5.91. The fraction of sp³-hybridized carbons (Fsp3) is 0.152. The lowest BCUT2D eigenvalue weighted by Gasteiger charge is -2.12. The normalized spacial score (nSPS) is 10.9. The molecular formula is C33H33NO. The number of benzene rings is 4. The Morgan fingerprint density at radius 3 is 1.54 bits per heavy atom. The fourth-order valence-electron chi connectivity index (χ4n) is 4.39. The molecule has 4 aromatic rings. The molecule has 0 radical (unpaired) electrons. The van der Waals surface area contributed by atoms with Gasteiger partial charge in [0.1, 0.15) is 5.75 Å². The minimum atomic E-state index is 0.852. The zero-order valence-corrected chi connectivity index (χ0v) is 21.2. The molecule has 4 aromatic carbocycles. The molecule has 0 fully saturated rings. The molecule has 0 unspecified atom stereocenters. The van der Waals surface area contributed by atoms with E-state index in [2.05, 4.69) is 112 Å². The Morgan fingerprint density at radius 2 is 1.09 bits per heavy atom. The van der Waals surface area contributed by atoms with Crippen molar-refractivity contribution in [1.29, 1.82) is 0 Å². The molecule has 2 heteroatoms. The SMILES string of the molecule is COc1ccc(Nc2ccc(/C=C/C=C(c3cc(C)cc(C)c3)c3cc(C)cc(C)c3)cc2)cc1. The van der Waals surface area contributed by atoms with Gasteiger partial charge in [-0.15, -0.1) is 0 Å². The van der Waals surface area contributed by atoms with Gasteiger partial charge in [0, 0.05) is 11.4 Å². The highest BCUT2D eigenvalue weighted by atomic mass is 16.5. The number of anilines is 2. The zero-order chi connectivity index (χ0) is 24.8. The molecule has 0 bridgehead atoms. The van der Waals surface area contributed by atoms with E-state index in [1.807, 2.05) is 24.3 Å². The summed E-state index contributed by atoms with van der Waals surface area (Å²) in [6.45, 7) is 8.64. The van der Waals surface area contributed by atoms with Gasteiger partial charge in [-0.1, -0.05) is 89.0 Å². The molecule has 0 saturated heterocycles. The van der Waals surface area contributed by atoms with E-state index in [1.54, 1.807) is 7.11 Å². The van der Waals surface area contributed by atoms with Crippen LogP contribution in [0.4, 0.5) is 11.4 Å². The molecular weight excluding hydrogens is 426 g/mol. The van der Waals surface area contributed by atoms with E-state index in [9.17, 15) is 0 Å². The topological polar surface area (TPSA) is 21.3 Å². The van der Waals surface area contributed by atoms with Crippen molar-refractivity contribution in [2.24, 2.45) is 0 Å². The van der Waals surface area contributed by atoms with Crippen molar-refractivity contribution >= 4 is 23.0 Å². The van der Waals surface area contributed by atoms with Crippen LogP contribution in [0.3, 0.4) is 0 Å². The lowest BCUT2D eigenvalue weighted by atomic mass is 9.92. The number of aryl methyl sites for hydroxylation is 4. The number of nitrogens with one attached hydrogen (secondary N) is 1. The Labute approximate surface area is 209 Å². The summed E-state index contributed by atoms with van der Waals surface area (Å²) in [6.07, 6.45) is 6.53. The summed E-state index contributed by atoms with van der Waals surface area (Å²) in [5.41, 5.74) is 12.1. The molecule has 0 heterocycles. The molecule has 0 aliphatic carbocycles. The van der Waals surface area contributed by atoms with Gasteiger partial charge in [0.15, 0.2) is 0 Å². The molecule has 0 atom stereocenters. The highest BCUT2D eigenvalue weighted by Crippen LogP contribution is 2.28. The lowest BCUT2D eigenvalue weighted by Crippen LogP contribution is -1.92. The smallest absolute Gasteiger partial charge is 0.119 e. The van der Waals surface area contributed by atoms with E-state index in [-0.39, 0.29) is 0 Å². The van der Waals surface area contributed by atoms with Gasteiger partial charge in [0.05, 0.1) is 7.11 Å². The van der Waals surface area contributed by atoms with Crippen LogP contribution < -0.4 is 10.1 Å². The van der Waals surface area contributed by atoms with Crippen LogP contribution in [0.25, 0.3) is 11.6 Å². The van der Waals surface area contributed by atoms with Crippen molar-refractivity contribution < 1.29 is 4.74 Å². The first-order chi connectivity index (χ1) is 16.9. The average Bonchev–Trinajstić information content (AvgIpc) is 2.82. The minimum absolute atomic E-state index is 0.852. The summed E-state index contributed by atoms with van der Waals surface area (Å²) in [4.78, 5) is 0. The van der Waals surface area contributed by atoms with E-state index in [1.165, 1.54) is 39.0 Å². The highest BCUT2D eigenvalue weighted by Gasteiger charge is 2.07. The molecule has 0 spiro atoms. The summed E-state index contributed by atoms with van der Waals surface area (Å²) in [5.74, 6) is 0.852. The second-order valence-corrected chi connectivity index (χ2v) is 9.17. The highest BCUT2D eigenvalue weighted by molar-refractivity contribution is 5.82. The number of hydrogen-bond donors (Lipinski definition) is 1. The standard InChI is InChI=1S/C33H33NO/c1-23-17-24(2)20-28(19-23)33(29-21-25(3)18-26(4)22-29)8-6-7-27-9-11-30(12-10-27)34-31-13-15-32(35-5)16-14-31/h6-22,34H,1-5H3/b7-6+. The van der Waals surface area contributed by atoms with Gasteiger partial charge >= 0.3 is 0 Å². The van der Waals surface area contributed by atoms with Gasteiger partial charge in [-0.25, -0.2) is 0 Å². The van der Waals surface area contributed by atoms with Crippen LogP contribution >= 0.6 is 0 Å². The van der Waals surface area contributed by atoms with Crippen molar-refractivity contribution in [3.63, 3.8) is 0 Å². The second kappa shape index (κ2) is 10.9. The zero-order valence-electron chi connectivity index (χ0n) is 21.2. The first-order valence-electron chi connectivity index (χ1n) is 12.0. The summed E-state index contributed by atoms with van der Waals surface area (Å²) in [5, 5.41) is 3.43. The molecule has 1 N–H and O–H groups in total. The van der Waals surface area contributed by atoms with E-state index in [4.69, 9.17) is 4.74 Å². The van der Waals surface area contributed by atoms with Gasteiger partial charge in [0.2, 0.25) is 0 Å². The van der Waals surface area contributed by atoms with Crippen LogP contribution in [-0.4, -0.2) is 7.11 Å². The Bertz CT molecular complexity index is 1270. The van der Waals surface area contributed by atoms with Crippen LogP contribution in [0.5, 0.6) is 5.75 Å². The molecule has 0 aliphatic heterocycles. The number of rotatable bonds is 7. The van der Waals surface area contributed by atoms with Crippen molar-refractivity contribution in [1.82, 2.24) is 0 Å². The number of hydrogen-bond acceptors (Lipinski definition) is 2. The first-order valence-corrected chi connectivity index (χ1v) is 12.0. The predicted octanol–water partition coefficient (Wildman–Crippen LogP) is 8.82. The number of methoxy groups -OCH3 is 1. The van der Waals surface area contributed by atoms with Gasteiger partial charge in [-0.2, -0.15) is 0 Å². The first kappa shape index (κ1) is 24.1. The van der Waals surface area contributed by atoms with Crippen molar-refractivity contribution in [2.45, 2.75) is 27.7 Å². The molecule has 0 aromatic heterocycles. The van der Waals surface area contributed by atoms with Crippen LogP contribution in [0.2, 0.25) is 0 Å². The van der Waals surface area contributed by atoms with Crippen LogP contribution in [0, 0.1) is 27.7 Å². The molecule has 35 heavy (non-hydrogen) atoms. The Morgan fingerprint density at radius 1 is 0.629 bits per heavy atom. The van der Waals surface area contributed by atoms with Crippen LogP contribution in [0.1, 0.15) is 38.9 Å². The van der Waals surface area contributed by atoms with E-state index < -0.39 is 0 Å². The summed E-state index contributed by atoms with van der Waals surface area (Å²) >= 11 is 0. The molecule has 0 saturated carbocycles. The Kier molecular flexibility index (Phi) is 7.52. The van der Waals surface area contributed by atoms with Crippen LogP contribution in [0.15, 0.2) is 97.1 Å². The van der Waals surface area contributed by atoms with Crippen molar-refractivity contribution in [2.75, 3.05) is 12.4 Å². The van der Waals surface area contributed by atoms with E-state index in [0.29, 0.717) is 0 Å². The van der Waals surface area contributed by atoms with Gasteiger partial charge < -0.3 is 10.1 Å². The lowest BCUT2D eigenvalue weighted by molar-refractivity contribution is 0.415. The van der Waals surface area contributed by atoms with E-state index in [0.717, 1.165) is 22.7 Å². The Balaban J connectivity index is 1.58. The predicted molar refractivity (Wildman–Crippen MR) is 151 cm³/mol. The fourth-order valence-corrected chi connectivity index (χ4v) is 4.39. The molecule has 2 nitrogen and oxygen atoms in total. The molecule has 4 rings (SSSR count). The maximum atomic E-state index is 5.23. The number of ether oxygens (including phenoxy) is 1. The van der Waals surface area contributed by atoms with E-state index >= 15 is 0 Å². The minimum Gasteiger partial charge on any atom is -0.497 e. The van der Waals surface area contributed by atoms with Gasteiger partial charge in [0.25, 0.3) is 0 Å². The Hall–Kier alpha value is -4.04. The summed E-state index contributed by atoms with van der Waals surface area (Å²) in [6, 6.07) is 29.9. The number of allylic oxidation sites excluding steroid dienone is 2. The monoisotopic (exact) mass is 459 g/mol. The maximum absolute atomic E-state index is 5.23. The second-order valence-electron chi connectivity index (χ2n) is 9.17. The van der Waals surface area contributed by atoms with Crippen molar-refractivity contribution in [3.8, 4) is 5.75 Å². The van der Waals surface area contributed by atoms with Gasteiger partial charge in [-0.3, -0.25) is 0 Å².